The number of aromatic nitrogens is 3. The van der Waals surface area contributed by atoms with Gasteiger partial charge in [0.25, 0.3) is 0 Å². The molecule has 1 aromatic heterocycles. The highest BCUT2D eigenvalue weighted by atomic mass is 16.1. The monoisotopic (exact) mass is 333 g/mol. The maximum absolute atomic E-state index is 13.8. The van der Waals surface area contributed by atoms with E-state index in [4.69, 9.17) is 0 Å². The van der Waals surface area contributed by atoms with E-state index in [-0.39, 0.29) is 11.7 Å². The molecule has 4 heteroatoms. The minimum atomic E-state index is -1.02. The Bertz CT molecular complexity index is 843. The Morgan fingerprint density at radius 3 is 2.40 bits per heavy atom. The highest BCUT2D eigenvalue weighted by Crippen LogP contribution is 2.38. The van der Waals surface area contributed by atoms with Crippen LogP contribution in [0.4, 0.5) is 0 Å². The Morgan fingerprint density at radius 1 is 1.12 bits per heavy atom. The van der Waals surface area contributed by atoms with Crippen molar-refractivity contribution in [3.63, 3.8) is 0 Å². The third kappa shape index (κ3) is 2.78. The standard InChI is InChI=1S/C21H23N3O/c1-4-16(2)20(25)21(24-15-22-14-23-24,18-11-6-5-7-12-18)19-13-9-8-10-17(19)3/h5-16H,4H2,1-3H3. The summed E-state index contributed by atoms with van der Waals surface area (Å²) in [5.74, 6) is 0.0185. The summed E-state index contributed by atoms with van der Waals surface area (Å²) < 4.78 is 1.71. The Hall–Kier alpha value is -2.75. The molecule has 4 nitrogen and oxygen atoms in total. The fourth-order valence-corrected chi connectivity index (χ4v) is 3.38. The van der Waals surface area contributed by atoms with Gasteiger partial charge in [-0.1, -0.05) is 68.4 Å². The summed E-state index contributed by atoms with van der Waals surface area (Å²) in [6.45, 7) is 6.06. The lowest BCUT2D eigenvalue weighted by molar-refractivity contribution is -0.128. The molecule has 128 valence electrons. The number of hydrogen-bond acceptors (Lipinski definition) is 3. The molecule has 2 aromatic carbocycles. The fraction of sp³-hybridized carbons (Fsp3) is 0.286. The van der Waals surface area contributed by atoms with Gasteiger partial charge in [0, 0.05) is 5.92 Å². The molecule has 0 aliphatic rings. The van der Waals surface area contributed by atoms with Crippen molar-refractivity contribution in [2.24, 2.45) is 5.92 Å². The van der Waals surface area contributed by atoms with E-state index < -0.39 is 5.54 Å². The SMILES string of the molecule is CCC(C)C(=O)C(c1ccccc1)(c1ccccc1C)n1cncn1. The molecule has 0 bridgehead atoms. The average molecular weight is 333 g/mol. The quantitative estimate of drug-likeness (QED) is 0.685. The molecular weight excluding hydrogens is 310 g/mol. The number of hydrogen-bond donors (Lipinski definition) is 0. The summed E-state index contributed by atoms with van der Waals surface area (Å²) >= 11 is 0. The molecule has 0 N–H and O–H groups in total. The number of carbonyl (C=O) groups excluding carboxylic acids is 1. The molecule has 0 saturated carbocycles. The molecule has 0 saturated heterocycles. The predicted molar refractivity (Wildman–Crippen MR) is 98.3 cm³/mol. The largest absolute Gasteiger partial charge is 0.296 e. The maximum Gasteiger partial charge on any atom is 0.173 e. The van der Waals surface area contributed by atoms with Gasteiger partial charge in [0.15, 0.2) is 11.3 Å². The Morgan fingerprint density at radius 2 is 1.80 bits per heavy atom. The van der Waals surface area contributed by atoms with E-state index in [1.807, 2.05) is 75.4 Å². The van der Waals surface area contributed by atoms with E-state index in [2.05, 4.69) is 10.1 Å². The second-order valence-corrected chi connectivity index (χ2v) is 6.40. The summed E-state index contributed by atoms with van der Waals surface area (Å²) in [4.78, 5) is 17.9. The van der Waals surface area contributed by atoms with E-state index in [1.165, 1.54) is 6.33 Å². The number of ketones is 1. The molecule has 0 fully saturated rings. The van der Waals surface area contributed by atoms with Gasteiger partial charge in [0.05, 0.1) is 0 Å². The van der Waals surface area contributed by atoms with E-state index in [9.17, 15) is 4.79 Å². The smallest absolute Gasteiger partial charge is 0.173 e. The highest BCUT2D eigenvalue weighted by molar-refractivity contribution is 5.95. The van der Waals surface area contributed by atoms with Gasteiger partial charge in [-0.3, -0.25) is 4.79 Å². The Kier molecular flexibility index (Phi) is 4.79. The van der Waals surface area contributed by atoms with Crippen molar-refractivity contribution in [2.45, 2.75) is 32.7 Å². The highest BCUT2D eigenvalue weighted by Gasteiger charge is 2.46. The van der Waals surface area contributed by atoms with Gasteiger partial charge < -0.3 is 0 Å². The van der Waals surface area contributed by atoms with Gasteiger partial charge in [0.2, 0.25) is 0 Å². The Labute approximate surface area is 148 Å². The molecule has 3 rings (SSSR count). The van der Waals surface area contributed by atoms with Crippen LogP contribution >= 0.6 is 0 Å². The van der Waals surface area contributed by atoms with Gasteiger partial charge in [-0.25, -0.2) is 9.67 Å². The number of benzene rings is 2. The van der Waals surface area contributed by atoms with Gasteiger partial charge in [-0.05, 0) is 30.0 Å². The molecule has 1 heterocycles. The average Bonchev–Trinajstić information content (AvgIpc) is 3.19. The summed E-state index contributed by atoms with van der Waals surface area (Å²) in [5, 5.41) is 4.41. The van der Waals surface area contributed by atoms with Crippen LogP contribution in [0.25, 0.3) is 0 Å². The molecule has 25 heavy (non-hydrogen) atoms. The maximum atomic E-state index is 13.8. The zero-order chi connectivity index (χ0) is 17.9. The summed E-state index contributed by atoms with van der Waals surface area (Å²) in [7, 11) is 0. The van der Waals surface area contributed by atoms with Crippen molar-refractivity contribution in [3.05, 3.63) is 83.9 Å². The third-order valence-corrected chi connectivity index (χ3v) is 4.91. The number of carbonyl (C=O) groups is 1. The molecule has 0 amide bonds. The minimum absolute atomic E-state index is 0.107. The molecular formula is C21H23N3O. The van der Waals surface area contributed by atoms with Crippen molar-refractivity contribution in [3.8, 4) is 0 Å². The van der Waals surface area contributed by atoms with Crippen LogP contribution in [-0.2, 0) is 10.3 Å². The second kappa shape index (κ2) is 7.01. The molecule has 2 unspecified atom stereocenters. The molecule has 3 aromatic rings. The van der Waals surface area contributed by atoms with Crippen molar-refractivity contribution in [1.29, 1.82) is 0 Å². The van der Waals surface area contributed by atoms with Crippen molar-refractivity contribution >= 4 is 5.78 Å². The minimum Gasteiger partial charge on any atom is -0.296 e. The van der Waals surface area contributed by atoms with Gasteiger partial charge >= 0.3 is 0 Å². The first-order valence-corrected chi connectivity index (χ1v) is 8.63. The molecule has 2 atom stereocenters. The number of rotatable bonds is 6. The molecule has 0 aliphatic heterocycles. The lowest BCUT2D eigenvalue weighted by Crippen LogP contribution is -2.47. The lowest BCUT2D eigenvalue weighted by atomic mass is 9.73. The van der Waals surface area contributed by atoms with E-state index in [0.717, 1.165) is 23.1 Å². The van der Waals surface area contributed by atoms with Crippen LogP contribution in [0.2, 0.25) is 0 Å². The zero-order valence-electron chi connectivity index (χ0n) is 14.9. The van der Waals surface area contributed by atoms with Crippen LogP contribution in [0.15, 0.2) is 67.3 Å². The van der Waals surface area contributed by atoms with Crippen LogP contribution < -0.4 is 0 Å². The van der Waals surface area contributed by atoms with E-state index in [0.29, 0.717) is 0 Å². The van der Waals surface area contributed by atoms with Crippen LogP contribution in [-0.4, -0.2) is 20.5 Å². The molecule has 0 aliphatic carbocycles. The van der Waals surface area contributed by atoms with Gasteiger partial charge in [-0.2, -0.15) is 5.10 Å². The molecule has 0 spiro atoms. The summed E-state index contributed by atoms with van der Waals surface area (Å²) in [6, 6.07) is 17.9. The van der Waals surface area contributed by atoms with E-state index >= 15 is 0 Å². The first-order valence-electron chi connectivity index (χ1n) is 8.63. The molecule has 0 radical (unpaired) electrons. The van der Waals surface area contributed by atoms with Crippen LogP contribution in [0, 0.1) is 12.8 Å². The van der Waals surface area contributed by atoms with Gasteiger partial charge in [-0.15, -0.1) is 0 Å². The lowest BCUT2D eigenvalue weighted by Gasteiger charge is -2.36. The number of aryl methyl sites for hydroxylation is 1. The summed E-state index contributed by atoms with van der Waals surface area (Å²) in [6.07, 6.45) is 3.90. The van der Waals surface area contributed by atoms with Crippen molar-refractivity contribution in [2.75, 3.05) is 0 Å². The zero-order valence-corrected chi connectivity index (χ0v) is 14.9. The van der Waals surface area contributed by atoms with Crippen LogP contribution in [0.3, 0.4) is 0 Å². The predicted octanol–water partition coefficient (Wildman–Crippen LogP) is 3.99. The van der Waals surface area contributed by atoms with Gasteiger partial charge in [0.1, 0.15) is 12.7 Å². The second-order valence-electron chi connectivity index (χ2n) is 6.40. The Balaban J connectivity index is 2.41. The third-order valence-electron chi connectivity index (χ3n) is 4.91. The fourth-order valence-electron chi connectivity index (χ4n) is 3.38. The first-order chi connectivity index (χ1) is 12.1. The topological polar surface area (TPSA) is 47.8 Å². The first kappa shape index (κ1) is 17.1. The van der Waals surface area contributed by atoms with Crippen molar-refractivity contribution < 1.29 is 4.79 Å². The number of nitrogens with zero attached hydrogens (tertiary/aromatic N) is 3. The van der Waals surface area contributed by atoms with E-state index in [1.54, 1.807) is 11.0 Å². The summed E-state index contributed by atoms with van der Waals surface area (Å²) in [5.41, 5.74) is 1.88. The van der Waals surface area contributed by atoms with Crippen molar-refractivity contribution in [1.82, 2.24) is 14.8 Å². The van der Waals surface area contributed by atoms with Crippen LogP contribution in [0.5, 0.6) is 0 Å². The van der Waals surface area contributed by atoms with Crippen LogP contribution in [0.1, 0.15) is 37.0 Å². The number of Topliss-reactive ketones (excluding diaryl/α,β-unsaturated/α-hetero) is 1. The normalized spacial score (nSPS) is 14.7.